The van der Waals surface area contributed by atoms with Crippen molar-refractivity contribution in [2.75, 3.05) is 19.8 Å². The van der Waals surface area contributed by atoms with Crippen molar-refractivity contribution < 1.29 is 32.3 Å². The Kier molecular flexibility index (Phi) is 7.40. The van der Waals surface area contributed by atoms with Gasteiger partial charge < -0.3 is 15.5 Å². The molecule has 0 radical (unpaired) electrons. The van der Waals surface area contributed by atoms with Gasteiger partial charge in [0, 0.05) is 29.6 Å². The van der Waals surface area contributed by atoms with Crippen molar-refractivity contribution in [3.05, 3.63) is 34.9 Å². The highest BCUT2D eigenvalue weighted by atomic mass is 35.5. The van der Waals surface area contributed by atoms with E-state index in [1.807, 2.05) is 0 Å². The smallest absolute Gasteiger partial charge is 0.350 e. The van der Waals surface area contributed by atoms with Crippen molar-refractivity contribution in [3.8, 4) is 0 Å². The lowest BCUT2D eigenvalue weighted by Gasteiger charge is -2.31. The second-order valence-electron chi connectivity index (χ2n) is 9.52. The van der Waals surface area contributed by atoms with Crippen LogP contribution in [0, 0.1) is 17.8 Å². The van der Waals surface area contributed by atoms with Crippen LogP contribution in [0.25, 0.3) is 0 Å². The largest absolute Gasteiger partial charge is 0.356 e. The first-order valence-electron chi connectivity index (χ1n) is 11.7. The molecule has 2 saturated heterocycles. The maximum Gasteiger partial charge on any atom is 0.350 e. The molecule has 1 saturated carbocycles. The molecular formula is C24H27ClF3N3O4. The lowest BCUT2D eigenvalue weighted by molar-refractivity contribution is -0.162. The van der Waals surface area contributed by atoms with Gasteiger partial charge in [0.15, 0.2) is 5.78 Å². The number of halogens is 4. The molecule has 5 atom stereocenters. The highest BCUT2D eigenvalue weighted by Crippen LogP contribution is 2.44. The van der Waals surface area contributed by atoms with E-state index in [1.165, 1.54) is 12.1 Å². The van der Waals surface area contributed by atoms with E-state index in [-0.39, 0.29) is 35.7 Å². The zero-order valence-corrected chi connectivity index (χ0v) is 19.7. The molecule has 3 aliphatic rings. The molecule has 1 aromatic rings. The van der Waals surface area contributed by atoms with Gasteiger partial charge in [-0.2, -0.15) is 8.78 Å². The maximum absolute atomic E-state index is 15.2. The lowest BCUT2D eigenvalue weighted by atomic mass is 9.92. The van der Waals surface area contributed by atoms with E-state index >= 15 is 8.78 Å². The molecular weight excluding hydrogens is 487 g/mol. The third kappa shape index (κ3) is 5.03. The fourth-order valence-corrected chi connectivity index (χ4v) is 5.80. The zero-order chi connectivity index (χ0) is 25.3. The summed E-state index contributed by atoms with van der Waals surface area (Å²) in [7, 11) is 0. The Bertz CT molecular complexity index is 1020. The minimum absolute atomic E-state index is 0.00943. The summed E-state index contributed by atoms with van der Waals surface area (Å²) in [5, 5.41) is 5.16. The highest BCUT2D eigenvalue weighted by molar-refractivity contribution is 6.30. The van der Waals surface area contributed by atoms with Crippen LogP contribution < -0.4 is 10.6 Å². The molecule has 2 N–H and O–H groups in total. The topological polar surface area (TPSA) is 95.6 Å². The molecule has 3 amide bonds. The summed E-state index contributed by atoms with van der Waals surface area (Å²) < 4.78 is 43.7. The average molecular weight is 514 g/mol. The first kappa shape index (κ1) is 25.5. The number of amides is 3. The van der Waals surface area contributed by atoms with E-state index in [9.17, 15) is 23.6 Å². The molecule has 2 aliphatic heterocycles. The number of ketones is 1. The van der Waals surface area contributed by atoms with Crippen LogP contribution in [0.5, 0.6) is 0 Å². The summed E-state index contributed by atoms with van der Waals surface area (Å²) >= 11 is 5.84. The number of fused-ring (bicyclic) bond motifs is 1. The van der Waals surface area contributed by atoms with E-state index in [0.717, 1.165) is 23.5 Å². The molecule has 1 aliphatic carbocycles. The first-order chi connectivity index (χ1) is 16.6. The van der Waals surface area contributed by atoms with E-state index in [2.05, 4.69) is 10.6 Å². The minimum Gasteiger partial charge on any atom is -0.356 e. The summed E-state index contributed by atoms with van der Waals surface area (Å²) in [6.45, 7) is -0.933. The Morgan fingerprint density at radius 1 is 1.23 bits per heavy atom. The van der Waals surface area contributed by atoms with Gasteiger partial charge in [0.1, 0.15) is 12.7 Å². The zero-order valence-electron chi connectivity index (χ0n) is 18.9. The number of Topliss-reactive ketones (excluding diaryl/α,β-unsaturated/α-hetero) is 1. The van der Waals surface area contributed by atoms with Gasteiger partial charge in [0.05, 0.1) is 6.04 Å². The fraction of sp³-hybridized carbons (Fsp3) is 0.583. The van der Waals surface area contributed by atoms with Crippen molar-refractivity contribution in [3.63, 3.8) is 0 Å². The Balaban J connectivity index is 1.57. The molecule has 35 heavy (non-hydrogen) atoms. The van der Waals surface area contributed by atoms with Crippen LogP contribution in [0.15, 0.2) is 24.3 Å². The fourth-order valence-electron chi connectivity index (χ4n) is 5.61. The van der Waals surface area contributed by atoms with Gasteiger partial charge in [-0.15, -0.1) is 0 Å². The normalized spacial score (nSPS) is 26.9. The van der Waals surface area contributed by atoms with Crippen LogP contribution >= 0.6 is 11.6 Å². The SMILES string of the molecule is O=C1NCC[C@H]1C[C@H](NC(=O)[C@@H]1[C@H]2CCC[C@H]2CN1C(=O)C(F)(F)c1cccc(Cl)c1)C(=O)CF. The number of carbonyl (C=O) groups excluding carboxylic acids is 4. The number of hydrogen-bond acceptors (Lipinski definition) is 4. The minimum atomic E-state index is -3.92. The summed E-state index contributed by atoms with van der Waals surface area (Å²) in [6.07, 6.45) is 2.40. The average Bonchev–Trinajstić information content (AvgIpc) is 3.53. The molecule has 0 aromatic heterocycles. The number of nitrogens with zero attached hydrogens (tertiary/aromatic N) is 1. The molecule has 11 heteroatoms. The molecule has 3 fully saturated rings. The van der Waals surface area contributed by atoms with Crippen LogP contribution in [0.4, 0.5) is 13.2 Å². The number of nitrogens with one attached hydrogen (secondary N) is 2. The second kappa shape index (κ2) is 10.2. The Morgan fingerprint density at radius 2 is 2.00 bits per heavy atom. The van der Waals surface area contributed by atoms with Gasteiger partial charge in [-0.3, -0.25) is 19.2 Å². The number of hydrogen-bond donors (Lipinski definition) is 2. The van der Waals surface area contributed by atoms with Crippen molar-refractivity contribution in [1.82, 2.24) is 15.5 Å². The number of benzene rings is 1. The summed E-state index contributed by atoms with van der Waals surface area (Å²) in [4.78, 5) is 51.5. The van der Waals surface area contributed by atoms with Gasteiger partial charge in [0.25, 0.3) is 5.91 Å². The van der Waals surface area contributed by atoms with Crippen LogP contribution in [0.1, 0.15) is 37.7 Å². The number of alkyl halides is 3. The third-order valence-electron chi connectivity index (χ3n) is 7.40. The van der Waals surface area contributed by atoms with E-state index in [1.54, 1.807) is 0 Å². The van der Waals surface area contributed by atoms with Crippen molar-refractivity contribution in [2.24, 2.45) is 17.8 Å². The van der Waals surface area contributed by atoms with E-state index < -0.39 is 53.8 Å². The van der Waals surface area contributed by atoms with E-state index in [4.69, 9.17) is 11.6 Å². The van der Waals surface area contributed by atoms with Crippen LogP contribution in [-0.2, 0) is 25.1 Å². The highest BCUT2D eigenvalue weighted by Gasteiger charge is 2.55. The summed E-state index contributed by atoms with van der Waals surface area (Å²) in [5.41, 5.74) is -0.580. The second-order valence-corrected chi connectivity index (χ2v) is 9.95. The summed E-state index contributed by atoms with van der Waals surface area (Å²) in [5.74, 6) is -8.43. The first-order valence-corrected chi connectivity index (χ1v) is 12.1. The van der Waals surface area contributed by atoms with Gasteiger partial charge in [-0.1, -0.05) is 30.2 Å². The monoisotopic (exact) mass is 513 g/mol. The predicted molar refractivity (Wildman–Crippen MR) is 120 cm³/mol. The lowest BCUT2D eigenvalue weighted by Crippen LogP contribution is -2.55. The molecule has 0 unspecified atom stereocenters. The number of carbonyl (C=O) groups is 4. The van der Waals surface area contributed by atoms with Gasteiger partial charge in [-0.25, -0.2) is 4.39 Å². The molecule has 1 aromatic carbocycles. The number of likely N-dealkylation sites (tertiary alicyclic amines) is 1. The summed E-state index contributed by atoms with van der Waals surface area (Å²) in [6, 6.07) is 2.33. The molecule has 190 valence electrons. The molecule has 0 bridgehead atoms. The Hall–Kier alpha value is -2.62. The molecule has 0 spiro atoms. The third-order valence-corrected chi connectivity index (χ3v) is 7.63. The van der Waals surface area contributed by atoms with Crippen LogP contribution in [0.2, 0.25) is 5.02 Å². The molecule has 4 rings (SSSR count). The van der Waals surface area contributed by atoms with E-state index in [0.29, 0.717) is 25.8 Å². The quantitative estimate of drug-likeness (QED) is 0.558. The standard InChI is InChI=1S/C24H27ClF3N3O4/c25-16-5-2-4-15(10-16)24(27,28)23(35)31-12-14-3-1-6-17(14)20(31)22(34)30-18(19(32)11-26)9-13-7-8-29-21(13)33/h2,4-5,10,13-14,17-18,20H,1,3,6-9,11-12H2,(H,29,33)(H,30,34)/t13-,14-,17-,18-,20-/m0/s1. The Morgan fingerprint density at radius 3 is 2.66 bits per heavy atom. The van der Waals surface area contributed by atoms with Gasteiger partial charge in [0.2, 0.25) is 11.8 Å². The maximum atomic E-state index is 15.2. The van der Waals surface area contributed by atoms with Crippen LogP contribution in [-0.4, -0.2) is 60.3 Å². The molecule has 2 heterocycles. The van der Waals surface area contributed by atoms with Gasteiger partial charge >= 0.3 is 5.92 Å². The van der Waals surface area contributed by atoms with Crippen molar-refractivity contribution >= 4 is 35.1 Å². The molecule has 7 nitrogen and oxygen atoms in total. The van der Waals surface area contributed by atoms with Gasteiger partial charge in [-0.05, 0) is 49.7 Å². The van der Waals surface area contributed by atoms with Crippen molar-refractivity contribution in [1.29, 1.82) is 0 Å². The number of rotatable bonds is 8. The van der Waals surface area contributed by atoms with Crippen LogP contribution in [0.3, 0.4) is 0 Å². The predicted octanol–water partition coefficient (Wildman–Crippen LogP) is 2.61. The van der Waals surface area contributed by atoms with Crippen molar-refractivity contribution in [2.45, 2.75) is 50.1 Å². The Labute approximate surface area is 205 Å².